The van der Waals surface area contributed by atoms with E-state index >= 15 is 0 Å². The number of hydrogen-bond acceptors (Lipinski definition) is 5. The van der Waals surface area contributed by atoms with Gasteiger partial charge in [-0.2, -0.15) is 5.10 Å². The van der Waals surface area contributed by atoms with Crippen LogP contribution in [0, 0.1) is 0 Å². The van der Waals surface area contributed by atoms with E-state index in [-0.39, 0.29) is 5.91 Å². The summed E-state index contributed by atoms with van der Waals surface area (Å²) in [6, 6.07) is 0. The Morgan fingerprint density at radius 1 is 1.42 bits per heavy atom. The third-order valence-corrected chi connectivity index (χ3v) is 5.38. The molecule has 1 aromatic heterocycles. The summed E-state index contributed by atoms with van der Waals surface area (Å²) in [5.41, 5.74) is 3.28. The number of nitrogens with zero attached hydrogens (tertiary/aromatic N) is 3. The van der Waals surface area contributed by atoms with Gasteiger partial charge in [-0.15, -0.1) is 11.8 Å². The highest BCUT2D eigenvalue weighted by molar-refractivity contribution is 8.02. The number of allylic oxidation sites excluding steroid dienone is 2. The van der Waals surface area contributed by atoms with Crippen molar-refractivity contribution in [3.8, 4) is 0 Å². The van der Waals surface area contributed by atoms with Gasteiger partial charge in [0.15, 0.2) is 5.69 Å². The number of methoxy groups -OCH3 is 1. The van der Waals surface area contributed by atoms with Gasteiger partial charge in [0.25, 0.3) is 5.91 Å². The third kappa shape index (κ3) is 2.78. The van der Waals surface area contributed by atoms with Gasteiger partial charge in [0.05, 0.1) is 30.9 Å². The molecule has 2 aliphatic rings. The molecule has 0 aromatic carbocycles. The fourth-order valence-corrected chi connectivity index (χ4v) is 4.11. The van der Waals surface area contributed by atoms with Crippen LogP contribution in [0.2, 0.25) is 0 Å². The van der Waals surface area contributed by atoms with Gasteiger partial charge >= 0.3 is 0 Å². The minimum Gasteiger partial charge on any atom is -0.496 e. The van der Waals surface area contributed by atoms with E-state index in [1.54, 1.807) is 34.5 Å². The lowest BCUT2D eigenvalue weighted by molar-refractivity contribution is 0.0298. The molecule has 1 fully saturated rings. The molecule has 0 atom stereocenters. The summed E-state index contributed by atoms with van der Waals surface area (Å²) in [4.78, 5) is 15.6. The van der Waals surface area contributed by atoms with Crippen molar-refractivity contribution in [2.75, 3.05) is 33.4 Å². The van der Waals surface area contributed by atoms with E-state index in [0.717, 1.165) is 21.7 Å². The van der Waals surface area contributed by atoms with Crippen molar-refractivity contribution in [2.45, 2.75) is 5.75 Å². The van der Waals surface area contributed by atoms with Gasteiger partial charge in [0, 0.05) is 37.0 Å². The van der Waals surface area contributed by atoms with E-state index in [2.05, 4.69) is 18.3 Å². The van der Waals surface area contributed by atoms with Crippen LogP contribution in [-0.4, -0.2) is 54.0 Å². The Morgan fingerprint density at radius 3 is 2.75 bits per heavy atom. The standard InChI is InChI=1S/C17H21N3O3S/c1-5-12-15-13(10-24-16(12)11(2)22-4)14(18-19(15)3)17(21)20-6-8-23-9-7-20/h5H,1-2,6-10H2,3-4H3. The van der Waals surface area contributed by atoms with Crippen LogP contribution in [0.3, 0.4) is 0 Å². The molecule has 0 saturated carbocycles. The van der Waals surface area contributed by atoms with E-state index in [4.69, 9.17) is 9.47 Å². The molecule has 128 valence electrons. The first-order chi connectivity index (χ1) is 11.6. The lowest BCUT2D eigenvalue weighted by Gasteiger charge is -2.26. The quantitative estimate of drug-likeness (QED) is 0.782. The van der Waals surface area contributed by atoms with Crippen molar-refractivity contribution in [2.24, 2.45) is 7.05 Å². The topological polar surface area (TPSA) is 56.6 Å². The molecule has 7 heteroatoms. The van der Waals surface area contributed by atoms with Gasteiger partial charge in [-0.25, -0.2) is 0 Å². The largest absolute Gasteiger partial charge is 0.496 e. The maximum Gasteiger partial charge on any atom is 0.274 e. The molecule has 0 unspecified atom stereocenters. The number of thioether (sulfide) groups is 1. The SMILES string of the molecule is C=CC1=C(C(=C)OC)SCc2c(C(=O)N3CCOCC3)nn(C)c21. The van der Waals surface area contributed by atoms with Crippen molar-refractivity contribution < 1.29 is 14.3 Å². The number of rotatable bonds is 4. The average Bonchev–Trinajstić information content (AvgIpc) is 2.97. The molecule has 3 heterocycles. The second-order valence-electron chi connectivity index (χ2n) is 5.57. The Bertz CT molecular complexity index is 730. The Kier molecular flexibility index (Phi) is 4.82. The van der Waals surface area contributed by atoms with Gasteiger partial charge in [0.1, 0.15) is 5.76 Å². The van der Waals surface area contributed by atoms with Crippen LogP contribution in [0.15, 0.2) is 29.9 Å². The first kappa shape index (κ1) is 16.9. The number of fused-ring (bicyclic) bond motifs is 1. The Hall–Kier alpha value is -1.99. The lowest BCUT2D eigenvalue weighted by Crippen LogP contribution is -2.41. The summed E-state index contributed by atoms with van der Waals surface area (Å²) in [6.07, 6.45) is 1.77. The van der Waals surface area contributed by atoms with Gasteiger partial charge in [-0.05, 0) is 0 Å². The first-order valence-corrected chi connectivity index (χ1v) is 8.73. The molecule has 0 N–H and O–H groups in total. The summed E-state index contributed by atoms with van der Waals surface area (Å²) in [5.74, 6) is 1.22. The van der Waals surface area contributed by atoms with Gasteiger partial charge < -0.3 is 14.4 Å². The Morgan fingerprint density at radius 2 is 2.12 bits per heavy atom. The number of aromatic nitrogens is 2. The van der Waals surface area contributed by atoms with E-state index in [9.17, 15) is 4.79 Å². The monoisotopic (exact) mass is 347 g/mol. The summed E-state index contributed by atoms with van der Waals surface area (Å²) in [6.45, 7) is 10.2. The lowest BCUT2D eigenvalue weighted by atomic mass is 10.0. The van der Waals surface area contributed by atoms with Gasteiger partial charge in [0.2, 0.25) is 0 Å². The number of hydrogen-bond donors (Lipinski definition) is 0. The van der Waals surface area contributed by atoms with E-state index in [0.29, 0.717) is 43.5 Å². The molecule has 0 radical (unpaired) electrons. The minimum absolute atomic E-state index is 0.0341. The van der Waals surface area contributed by atoms with Crippen molar-refractivity contribution in [3.63, 3.8) is 0 Å². The molecule has 1 saturated heterocycles. The zero-order valence-corrected chi connectivity index (χ0v) is 14.8. The first-order valence-electron chi connectivity index (χ1n) is 7.74. The highest BCUT2D eigenvalue weighted by Crippen LogP contribution is 2.42. The van der Waals surface area contributed by atoms with Crippen LogP contribution in [-0.2, 0) is 22.3 Å². The molecule has 2 aliphatic heterocycles. The van der Waals surface area contributed by atoms with Crippen LogP contribution in [0.5, 0.6) is 0 Å². The van der Waals surface area contributed by atoms with Crippen LogP contribution in [0.1, 0.15) is 21.7 Å². The molecule has 0 bridgehead atoms. The highest BCUT2D eigenvalue weighted by atomic mass is 32.2. The summed E-state index contributed by atoms with van der Waals surface area (Å²) in [7, 11) is 3.45. The molecular weight excluding hydrogens is 326 g/mol. The van der Waals surface area contributed by atoms with E-state index in [1.807, 2.05) is 7.05 Å². The molecule has 6 nitrogen and oxygen atoms in total. The van der Waals surface area contributed by atoms with Crippen LogP contribution >= 0.6 is 11.8 Å². The molecular formula is C17H21N3O3S. The predicted molar refractivity (Wildman–Crippen MR) is 94.5 cm³/mol. The predicted octanol–water partition coefficient (Wildman–Crippen LogP) is 2.20. The number of amides is 1. The van der Waals surface area contributed by atoms with Crippen molar-refractivity contribution >= 4 is 23.2 Å². The van der Waals surface area contributed by atoms with Crippen molar-refractivity contribution in [3.05, 3.63) is 46.8 Å². The molecule has 1 amide bonds. The summed E-state index contributed by atoms with van der Waals surface area (Å²) >= 11 is 1.60. The molecule has 0 aliphatic carbocycles. The number of morpholine rings is 1. The summed E-state index contributed by atoms with van der Waals surface area (Å²) in [5, 5.41) is 4.50. The normalized spacial score (nSPS) is 17.5. The Balaban J connectivity index is 2.03. The molecule has 3 rings (SSSR count). The van der Waals surface area contributed by atoms with Gasteiger partial charge in [-0.1, -0.05) is 19.2 Å². The van der Waals surface area contributed by atoms with Gasteiger partial charge in [-0.3, -0.25) is 9.48 Å². The second kappa shape index (κ2) is 6.86. The average molecular weight is 347 g/mol. The number of ether oxygens (including phenoxy) is 2. The fourth-order valence-electron chi connectivity index (χ4n) is 2.97. The van der Waals surface area contributed by atoms with Crippen molar-refractivity contribution in [1.82, 2.24) is 14.7 Å². The van der Waals surface area contributed by atoms with E-state index < -0.39 is 0 Å². The van der Waals surface area contributed by atoms with Crippen LogP contribution < -0.4 is 0 Å². The fraction of sp³-hybridized carbons (Fsp3) is 0.412. The van der Waals surface area contributed by atoms with Crippen LogP contribution in [0.25, 0.3) is 5.57 Å². The van der Waals surface area contributed by atoms with E-state index in [1.165, 1.54) is 0 Å². The Labute approximate surface area is 145 Å². The second-order valence-corrected chi connectivity index (χ2v) is 6.55. The minimum atomic E-state index is -0.0341. The number of carbonyl (C=O) groups excluding carboxylic acids is 1. The number of aryl methyl sites for hydroxylation is 1. The van der Waals surface area contributed by atoms with Crippen LogP contribution in [0.4, 0.5) is 0 Å². The zero-order chi connectivity index (χ0) is 17.3. The molecule has 0 spiro atoms. The third-order valence-electron chi connectivity index (χ3n) is 4.21. The zero-order valence-electron chi connectivity index (χ0n) is 14.0. The molecule has 24 heavy (non-hydrogen) atoms. The molecule has 1 aromatic rings. The maximum absolute atomic E-state index is 12.9. The van der Waals surface area contributed by atoms with Crippen molar-refractivity contribution in [1.29, 1.82) is 0 Å². The smallest absolute Gasteiger partial charge is 0.274 e. The maximum atomic E-state index is 12.9. The summed E-state index contributed by atoms with van der Waals surface area (Å²) < 4.78 is 12.4. The highest BCUT2D eigenvalue weighted by Gasteiger charge is 2.31. The number of carbonyl (C=O) groups is 1.